The number of rotatable bonds is 10. The van der Waals surface area contributed by atoms with Gasteiger partial charge in [-0.05, 0) is 57.7 Å². The molecule has 0 amide bonds. The molecule has 1 atom stereocenters. The third-order valence-electron chi connectivity index (χ3n) is 8.15. The molecule has 0 radical (unpaired) electrons. The molecule has 44 heavy (non-hydrogen) atoms. The predicted octanol–water partition coefficient (Wildman–Crippen LogP) is 6.83. The van der Waals surface area contributed by atoms with Crippen LogP contribution in [0.25, 0.3) is 38.9 Å². The van der Waals surface area contributed by atoms with Gasteiger partial charge in [0.2, 0.25) is 0 Å². The van der Waals surface area contributed by atoms with E-state index in [9.17, 15) is 5.11 Å². The summed E-state index contributed by atoms with van der Waals surface area (Å²) in [5.74, 6) is 0.256. The zero-order valence-electron chi connectivity index (χ0n) is 26.6. The monoisotopic (exact) mass is 591 g/mol. The molecular formula is C35H41N7O2. The summed E-state index contributed by atoms with van der Waals surface area (Å²) in [5.41, 5.74) is 8.06. The maximum absolute atomic E-state index is 10.2. The van der Waals surface area contributed by atoms with Crippen LogP contribution in [0.4, 0.5) is 0 Å². The van der Waals surface area contributed by atoms with Crippen LogP contribution in [-0.2, 0) is 18.3 Å². The summed E-state index contributed by atoms with van der Waals surface area (Å²) in [6.45, 7) is 13.2. The Kier molecular flexibility index (Phi) is 7.86. The Bertz CT molecular complexity index is 1930. The Labute approximate surface area is 258 Å². The first-order valence-corrected chi connectivity index (χ1v) is 15.2. The molecule has 0 spiro atoms. The maximum Gasteiger partial charge on any atom is 0.181 e. The number of benzene rings is 2. The highest BCUT2D eigenvalue weighted by molar-refractivity contribution is 5.94. The van der Waals surface area contributed by atoms with Crippen molar-refractivity contribution in [3.63, 3.8) is 0 Å². The first-order chi connectivity index (χ1) is 21.0. The molecule has 4 heterocycles. The number of aliphatic hydroxyl groups is 1. The minimum atomic E-state index is -0.787. The number of hydrogen-bond donors (Lipinski definition) is 1. The Balaban J connectivity index is 1.40. The van der Waals surface area contributed by atoms with E-state index in [4.69, 9.17) is 19.9 Å². The highest BCUT2D eigenvalue weighted by atomic mass is 16.5. The molecule has 0 saturated carbocycles. The lowest BCUT2D eigenvalue weighted by molar-refractivity contribution is -0.00936. The van der Waals surface area contributed by atoms with Crippen LogP contribution in [0.15, 0.2) is 67.0 Å². The molecule has 0 aliphatic rings. The molecule has 9 heteroatoms. The Morgan fingerprint density at radius 3 is 2.45 bits per heavy atom. The summed E-state index contributed by atoms with van der Waals surface area (Å²) >= 11 is 0. The van der Waals surface area contributed by atoms with Crippen molar-refractivity contribution < 1.29 is 9.84 Å². The van der Waals surface area contributed by atoms with Crippen LogP contribution in [-0.4, -0.2) is 51.6 Å². The first-order valence-electron chi connectivity index (χ1n) is 15.2. The van der Waals surface area contributed by atoms with Crippen molar-refractivity contribution in [1.29, 1.82) is 0 Å². The van der Waals surface area contributed by atoms with Gasteiger partial charge in [-0.2, -0.15) is 15.3 Å². The van der Waals surface area contributed by atoms with Crippen molar-refractivity contribution >= 4 is 21.9 Å². The zero-order chi connectivity index (χ0) is 31.2. The number of pyridine rings is 1. The second-order valence-corrected chi connectivity index (χ2v) is 12.6. The summed E-state index contributed by atoms with van der Waals surface area (Å²) < 4.78 is 12.1. The molecule has 0 fully saturated rings. The molecule has 9 nitrogen and oxygen atoms in total. The van der Waals surface area contributed by atoms with Crippen LogP contribution in [0.1, 0.15) is 68.7 Å². The van der Waals surface area contributed by atoms with Gasteiger partial charge in [-0.3, -0.25) is 9.36 Å². The number of fused-ring (bicyclic) bond motifs is 2. The van der Waals surface area contributed by atoms with E-state index in [-0.39, 0.29) is 12.0 Å². The third-order valence-corrected chi connectivity index (χ3v) is 8.15. The Morgan fingerprint density at radius 1 is 0.955 bits per heavy atom. The van der Waals surface area contributed by atoms with Gasteiger partial charge in [0.25, 0.3) is 0 Å². The van der Waals surface area contributed by atoms with Crippen molar-refractivity contribution in [3.8, 4) is 16.9 Å². The fourth-order valence-corrected chi connectivity index (χ4v) is 5.94. The van der Waals surface area contributed by atoms with Crippen LogP contribution < -0.4 is 0 Å². The fraction of sp³-hybridized carbons (Fsp3) is 0.371. The van der Waals surface area contributed by atoms with E-state index in [1.807, 2.05) is 53.8 Å². The molecule has 0 aliphatic carbocycles. The van der Waals surface area contributed by atoms with Crippen molar-refractivity contribution in [2.75, 3.05) is 6.61 Å². The van der Waals surface area contributed by atoms with Crippen molar-refractivity contribution in [1.82, 2.24) is 34.3 Å². The standard InChI is InChI=1S/C35H41N7O2/c1-22(2)32-24(4)42(30-18-26-19-40(7)39-34(26)36-23(30)3)38-33(32)27-14-11-15-29-28(27)20-41(37-29)21-31(25-12-9-8-10-13-25)44-17-16-35(5,6)43/h8-15,18-20,22,31,43H,16-17,21H2,1-7H3/t31-/m0/s1. The van der Waals surface area contributed by atoms with E-state index in [0.29, 0.717) is 19.6 Å². The summed E-state index contributed by atoms with van der Waals surface area (Å²) in [6, 6.07) is 18.6. The smallest absolute Gasteiger partial charge is 0.181 e. The SMILES string of the molecule is Cc1nc2nn(C)cc2cc1-n1nc(-c2cccc3nn(C[C@H](OCCC(C)(C)O)c4ccccc4)cc23)c(C(C)C)c1C. The average molecular weight is 592 g/mol. The molecule has 2 aromatic carbocycles. The lowest BCUT2D eigenvalue weighted by Gasteiger charge is -2.22. The van der Waals surface area contributed by atoms with E-state index < -0.39 is 5.60 Å². The number of nitrogens with zero attached hydrogens (tertiary/aromatic N) is 7. The quantitative estimate of drug-likeness (QED) is 0.188. The predicted molar refractivity (Wildman–Crippen MR) is 174 cm³/mol. The average Bonchev–Trinajstić information content (AvgIpc) is 3.65. The van der Waals surface area contributed by atoms with Gasteiger partial charge in [0, 0.05) is 47.0 Å². The highest BCUT2D eigenvalue weighted by Gasteiger charge is 2.24. The van der Waals surface area contributed by atoms with Crippen molar-refractivity contribution in [2.45, 2.75) is 72.1 Å². The van der Waals surface area contributed by atoms with E-state index in [1.54, 1.807) is 18.5 Å². The molecule has 6 rings (SSSR count). The first kappa shape index (κ1) is 29.7. The number of hydrogen-bond acceptors (Lipinski definition) is 6. The molecule has 0 aliphatic heterocycles. The Morgan fingerprint density at radius 2 is 1.73 bits per heavy atom. The molecule has 6 aromatic rings. The number of aromatic nitrogens is 7. The van der Waals surface area contributed by atoms with Crippen molar-refractivity contribution in [3.05, 3.63) is 89.5 Å². The summed E-state index contributed by atoms with van der Waals surface area (Å²) in [5, 5.41) is 26.9. The second kappa shape index (κ2) is 11.6. The Hall–Kier alpha value is -4.34. The largest absolute Gasteiger partial charge is 0.390 e. The van der Waals surface area contributed by atoms with Gasteiger partial charge in [-0.1, -0.05) is 56.3 Å². The second-order valence-electron chi connectivity index (χ2n) is 12.6. The normalized spacial score (nSPS) is 13.0. The molecule has 0 unspecified atom stereocenters. The van der Waals surface area contributed by atoms with Crippen LogP contribution in [0.3, 0.4) is 0 Å². The van der Waals surface area contributed by atoms with Gasteiger partial charge in [0.1, 0.15) is 6.10 Å². The van der Waals surface area contributed by atoms with Gasteiger partial charge in [0.05, 0.1) is 41.3 Å². The topological polar surface area (TPSA) is 95.8 Å². The molecule has 1 N–H and O–H groups in total. The zero-order valence-corrected chi connectivity index (χ0v) is 26.6. The van der Waals surface area contributed by atoms with Gasteiger partial charge < -0.3 is 9.84 Å². The van der Waals surface area contributed by atoms with E-state index in [2.05, 4.69) is 62.4 Å². The molecule has 0 saturated heterocycles. The van der Waals surface area contributed by atoms with Gasteiger partial charge in [0.15, 0.2) is 5.65 Å². The summed E-state index contributed by atoms with van der Waals surface area (Å²) in [6.07, 6.45) is 4.43. The lowest BCUT2D eigenvalue weighted by atomic mass is 9.95. The van der Waals surface area contributed by atoms with E-state index in [1.165, 1.54) is 5.56 Å². The van der Waals surface area contributed by atoms with E-state index in [0.717, 1.165) is 55.8 Å². The third kappa shape index (κ3) is 5.89. The molecule has 228 valence electrons. The molecule has 4 aromatic heterocycles. The van der Waals surface area contributed by atoms with Gasteiger partial charge in [-0.15, -0.1) is 0 Å². The van der Waals surface area contributed by atoms with Crippen LogP contribution >= 0.6 is 0 Å². The van der Waals surface area contributed by atoms with Crippen LogP contribution in [0.2, 0.25) is 0 Å². The van der Waals surface area contributed by atoms with E-state index >= 15 is 0 Å². The maximum atomic E-state index is 10.2. The summed E-state index contributed by atoms with van der Waals surface area (Å²) in [4.78, 5) is 4.78. The minimum Gasteiger partial charge on any atom is -0.390 e. The van der Waals surface area contributed by atoms with Crippen LogP contribution in [0, 0.1) is 13.8 Å². The molecule has 0 bridgehead atoms. The van der Waals surface area contributed by atoms with Crippen molar-refractivity contribution in [2.24, 2.45) is 7.05 Å². The number of ether oxygens (including phenoxy) is 1. The molecular weight excluding hydrogens is 550 g/mol. The number of aryl methyl sites for hydroxylation is 2. The lowest BCUT2D eigenvalue weighted by Crippen LogP contribution is -2.22. The fourth-order valence-electron chi connectivity index (χ4n) is 5.94. The minimum absolute atomic E-state index is 0.207. The van der Waals surface area contributed by atoms with Crippen LogP contribution in [0.5, 0.6) is 0 Å². The summed E-state index contributed by atoms with van der Waals surface area (Å²) in [7, 11) is 1.91. The highest BCUT2D eigenvalue weighted by Crippen LogP contribution is 2.37. The van der Waals surface area contributed by atoms with Gasteiger partial charge >= 0.3 is 0 Å². The van der Waals surface area contributed by atoms with Gasteiger partial charge in [-0.25, -0.2) is 9.67 Å².